The molecule has 158 valence electrons. The van der Waals surface area contributed by atoms with Crippen LogP contribution in [0.2, 0.25) is 0 Å². The normalized spacial score (nSPS) is 11.2. The average molecular weight is 443 g/mol. The van der Waals surface area contributed by atoms with Crippen molar-refractivity contribution in [3.05, 3.63) is 108 Å². The summed E-state index contributed by atoms with van der Waals surface area (Å²) in [5.41, 5.74) is 3.22. The van der Waals surface area contributed by atoms with Gasteiger partial charge in [-0.2, -0.15) is 9.78 Å². The molecule has 0 bridgehead atoms. The molecule has 0 saturated carbocycles. The first-order chi connectivity index (χ1) is 15.6. The Labute approximate surface area is 188 Å². The van der Waals surface area contributed by atoms with Gasteiger partial charge < -0.3 is 5.32 Å². The number of anilines is 1. The maximum Gasteiger partial charge on any atom is 0.237 e. The smallest absolute Gasteiger partial charge is 0.237 e. The number of halogens is 1. The Morgan fingerprint density at radius 3 is 2.28 bits per heavy atom. The van der Waals surface area contributed by atoms with Crippen LogP contribution in [0.3, 0.4) is 0 Å². The first kappa shape index (κ1) is 20.1. The second kappa shape index (κ2) is 8.36. The molecule has 1 amide bonds. The highest BCUT2D eigenvalue weighted by molar-refractivity contribution is 7.20. The van der Waals surface area contributed by atoms with Crippen LogP contribution in [0, 0.1) is 12.7 Å². The minimum atomic E-state index is -0.481. The predicted molar refractivity (Wildman–Crippen MR) is 125 cm³/mol. The maximum atomic E-state index is 13.6. The number of carbonyl (C=O) groups excluding carboxylic acids is 1. The third-order valence-electron chi connectivity index (χ3n) is 5.13. The number of hydrogen-bond acceptors (Lipinski definition) is 4. The largest absolute Gasteiger partial charge is 0.310 e. The van der Waals surface area contributed by atoms with Crippen LogP contribution < -0.4 is 5.32 Å². The fourth-order valence-electron chi connectivity index (χ4n) is 3.70. The van der Waals surface area contributed by atoms with E-state index in [1.165, 1.54) is 23.5 Å². The molecule has 5 rings (SSSR count). The van der Waals surface area contributed by atoms with E-state index >= 15 is 0 Å². The third-order valence-corrected chi connectivity index (χ3v) is 6.12. The molecular formula is C25H19FN4OS. The van der Waals surface area contributed by atoms with Crippen LogP contribution in [0.5, 0.6) is 0 Å². The lowest BCUT2D eigenvalue weighted by molar-refractivity contribution is -0.116. The van der Waals surface area contributed by atoms with Gasteiger partial charge in [0.25, 0.3) is 0 Å². The number of hydrogen-bond donors (Lipinski definition) is 1. The molecule has 5 aromatic rings. The highest BCUT2D eigenvalue weighted by Gasteiger charge is 2.24. The molecule has 0 unspecified atom stereocenters. The molecule has 7 heteroatoms. The summed E-state index contributed by atoms with van der Waals surface area (Å²) in [6.07, 6.45) is 0. The molecule has 0 aliphatic carbocycles. The number of rotatable bonds is 5. The lowest BCUT2D eigenvalue weighted by Crippen LogP contribution is -2.23. The first-order valence-corrected chi connectivity index (χ1v) is 10.9. The molecule has 2 heterocycles. The van der Waals surface area contributed by atoms with Crippen LogP contribution in [0.1, 0.15) is 22.7 Å². The number of aromatic nitrogens is 3. The Bertz CT molecular complexity index is 1360. The highest BCUT2D eigenvalue weighted by Crippen LogP contribution is 2.30. The molecule has 0 fully saturated rings. The van der Waals surface area contributed by atoms with E-state index in [9.17, 15) is 9.18 Å². The molecule has 5 nitrogen and oxygen atoms in total. The van der Waals surface area contributed by atoms with Gasteiger partial charge in [0.05, 0.1) is 21.8 Å². The van der Waals surface area contributed by atoms with Crippen LogP contribution in [-0.4, -0.2) is 20.7 Å². The summed E-state index contributed by atoms with van der Waals surface area (Å²) in [6.45, 7) is 1.85. The van der Waals surface area contributed by atoms with Crippen molar-refractivity contribution in [2.24, 2.45) is 0 Å². The third kappa shape index (κ3) is 3.90. The number of benzene rings is 3. The zero-order valence-electron chi connectivity index (χ0n) is 17.2. The Kier molecular flexibility index (Phi) is 5.25. The summed E-state index contributed by atoms with van der Waals surface area (Å²) in [7, 11) is 0. The van der Waals surface area contributed by atoms with Gasteiger partial charge in [0.2, 0.25) is 11.0 Å². The SMILES string of the molecule is Cc1cc(NC(=O)C(c2ccccc2)c2ccccc2)n(-c2nc3ccc(F)cc3s2)n1. The van der Waals surface area contributed by atoms with E-state index in [0.29, 0.717) is 16.5 Å². The van der Waals surface area contributed by atoms with Crippen molar-refractivity contribution >= 4 is 33.3 Å². The van der Waals surface area contributed by atoms with Crippen molar-refractivity contribution < 1.29 is 9.18 Å². The number of nitrogens with one attached hydrogen (secondary N) is 1. The molecular weight excluding hydrogens is 423 g/mol. The number of carbonyl (C=O) groups is 1. The minimum absolute atomic E-state index is 0.171. The Morgan fingerprint density at radius 1 is 0.969 bits per heavy atom. The molecule has 0 spiro atoms. The van der Waals surface area contributed by atoms with Gasteiger partial charge in [0, 0.05) is 6.07 Å². The molecule has 3 aromatic carbocycles. The molecule has 0 atom stereocenters. The molecule has 0 aliphatic heterocycles. The summed E-state index contributed by atoms with van der Waals surface area (Å²) in [5, 5.41) is 8.11. The van der Waals surface area contributed by atoms with Gasteiger partial charge in [0.1, 0.15) is 11.6 Å². The molecule has 0 aliphatic rings. The lowest BCUT2D eigenvalue weighted by atomic mass is 9.90. The number of thiazole rings is 1. The van der Waals surface area contributed by atoms with Gasteiger partial charge in [-0.05, 0) is 36.2 Å². The zero-order chi connectivity index (χ0) is 22.1. The van der Waals surface area contributed by atoms with E-state index in [0.717, 1.165) is 21.5 Å². The second-order valence-electron chi connectivity index (χ2n) is 7.43. The standard InChI is InChI=1S/C25H19FN4OS/c1-16-14-22(30(29-16)25-27-20-13-12-19(26)15-21(20)32-25)28-24(31)23(17-8-4-2-5-9-17)18-10-6-3-7-11-18/h2-15,23H,1H3,(H,28,31). The zero-order valence-corrected chi connectivity index (χ0v) is 18.0. The monoisotopic (exact) mass is 442 g/mol. The maximum absolute atomic E-state index is 13.6. The molecule has 32 heavy (non-hydrogen) atoms. The van der Waals surface area contributed by atoms with E-state index in [2.05, 4.69) is 15.4 Å². The second-order valence-corrected chi connectivity index (χ2v) is 8.44. The van der Waals surface area contributed by atoms with E-state index in [1.54, 1.807) is 16.8 Å². The van der Waals surface area contributed by atoms with Crippen LogP contribution in [0.25, 0.3) is 15.3 Å². The first-order valence-electron chi connectivity index (χ1n) is 10.1. The lowest BCUT2D eigenvalue weighted by Gasteiger charge is -2.18. The van der Waals surface area contributed by atoms with Gasteiger partial charge >= 0.3 is 0 Å². The van der Waals surface area contributed by atoms with E-state index < -0.39 is 5.92 Å². The van der Waals surface area contributed by atoms with E-state index in [-0.39, 0.29) is 11.7 Å². The van der Waals surface area contributed by atoms with Crippen molar-refractivity contribution in [2.75, 3.05) is 5.32 Å². The van der Waals surface area contributed by atoms with Gasteiger partial charge in [-0.3, -0.25) is 4.79 Å². The molecule has 1 N–H and O–H groups in total. The summed E-state index contributed by atoms with van der Waals surface area (Å²) in [5.74, 6) is -0.448. The van der Waals surface area contributed by atoms with Gasteiger partial charge in [-0.15, -0.1) is 0 Å². The van der Waals surface area contributed by atoms with E-state index in [1.807, 2.05) is 67.6 Å². The van der Waals surface area contributed by atoms with Gasteiger partial charge in [-0.1, -0.05) is 72.0 Å². The highest BCUT2D eigenvalue weighted by atomic mass is 32.1. The molecule has 2 aromatic heterocycles. The summed E-state index contributed by atoms with van der Waals surface area (Å²) in [6, 6.07) is 25.6. The molecule has 0 radical (unpaired) electrons. The van der Waals surface area contributed by atoms with Crippen molar-refractivity contribution in [1.82, 2.24) is 14.8 Å². The Morgan fingerprint density at radius 2 is 1.62 bits per heavy atom. The fourth-order valence-corrected chi connectivity index (χ4v) is 4.65. The van der Waals surface area contributed by atoms with Crippen LogP contribution in [0.4, 0.5) is 10.2 Å². The van der Waals surface area contributed by atoms with Crippen molar-refractivity contribution in [3.8, 4) is 5.13 Å². The summed E-state index contributed by atoms with van der Waals surface area (Å²) >= 11 is 1.32. The van der Waals surface area contributed by atoms with Crippen molar-refractivity contribution in [2.45, 2.75) is 12.8 Å². The van der Waals surface area contributed by atoms with E-state index in [4.69, 9.17) is 0 Å². The van der Waals surface area contributed by atoms with Crippen LogP contribution >= 0.6 is 11.3 Å². The Balaban J connectivity index is 1.52. The summed E-state index contributed by atoms with van der Waals surface area (Å²) in [4.78, 5) is 18.1. The van der Waals surface area contributed by atoms with Gasteiger partial charge in [-0.25, -0.2) is 9.37 Å². The van der Waals surface area contributed by atoms with Crippen LogP contribution in [-0.2, 0) is 4.79 Å². The molecule has 0 saturated heterocycles. The quantitative estimate of drug-likeness (QED) is 0.380. The van der Waals surface area contributed by atoms with Crippen molar-refractivity contribution in [1.29, 1.82) is 0 Å². The fraction of sp³-hybridized carbons (Fsp3) is 0.0800. The van der Waals surface area contributed by atoms with Crippen LogP contribution in [0.15, 0.2) is 84.9 Å². The van der Waals surface area contributed by atoms with Crippen molar-refractivity contribution in [3.63, 3.8) is 0 Å². The number of amides is 1. The topological polar surface area (TPSA) is 59.8 Å². The number of aryl methyl sites for hydroxylation is 1. The summed E-state index contributed by atoms with van der Waals surface area (Å²) < 4.78 is 15.9. The average Bonchev–Trinajstić information content (AvgIpc) is 3.37. The number of nitrogens with zero attached hydrogens (tertiary/aromatic N) is 3. The van der Waals surface area contributed by atoms with Gasteiger partial charge in [0.15, 0.2) is 0 Å². The Hall–Kier alpha value is -3.84. The predicted octanol–water partition coefficient (Wildman–Crippen LogP) is 5.70. The minimum Gasteiger partial charge on any atom is -0.310 e. The number of fused-ring (bicyclic) bond motifs is 1.